The van der Waals surface area contributed by atoms with Crippen molar-refractivity contribution >= 4 is 17.7 Å². The molecule has 0 unspecified atom stereocenters. The second-order valence-corrected chi connectivity index (χ2v) is 10.8. The Morgan fingerprint density at radius 2 is 1.34 bits per heavy atom. The topological polar surface area (TPSA) is 165 Å². The number of aryl methyl sites for hydroxylation is 2. The average molecular weight is 610 g/mol. The van der Waals surface area contributed by atoms with Gasteiger partial charge in [-0.3, -0.25) is 4.79 Å². The zero-order chi connectivity index (χ0) is 31.6. The largest absolute Gasteiger partial charge is 0.493 e. The van der Waals surface area contributed by atoms with Crippen LogP contribution in [-0.2, 0) is 15.2 Å². The van der Waals surface area contributed by atoms with Gasteiger partial charge >= 0.3 is 11.9 Å². The highest BCUT2D eigenvalue weighted by atomic mass is 16.5. The zero-order valence-corrected chi connectivity index (χ0v) is 25.7. The molecular weight excluding hydrogens is 566 g/mol. The number of aliphatic carboxylic acids is 2. The van der Waals surface area contributed by atoms with Crippen LogP contribution in [0.25, 0.3) is 0 Å². The molecule has 44 heavy (non-hydrogen) atoms. The molecule has 1 aliphatic rings. The normalized spacial score (nSPS) is 13.6. The molecule has 0 amide bonds. The van der Waals surface area contributed by atoms with Gasteiger partial charge in [0, 0.05) is 12.1 Å². The Bertz CT molecular complexity index is 1320. The van der Waals surface area contributed by atoms with E-state index in [1.165, 1.54) is 11.1 Å². The van der Waals surface area contributed by atoms with Crippen LogP contribution in [0.4, 0.5) is 0 Å². The van der Waals surface area contributed by atoms with Crippen molar-refractivity contribution in [2.24, 2.45) is 5.92 Å². The van der Waals surface area contributed by atoms with Crippen LogP contribution in [0.5, 0.6) is 11.5 Å². The Morgan fingerprint density at radius 1 is 0.841 bits per heavy atom. The van der Waals surface area contributed by atoms with Crippen LogP contribution in [0, 0.1) is 19.8 Å². The van der Waals surface area contributed by atoms with Crippen molar-refractivity contribution in [1.29, 1.82) is 0 Å². The molecule has 0 bridgehead atoms. The van der Waals surface area contributed by atoms with E-state index in [9.17, 15) is 9.90 Å². The lowest BCUT2D eigenvalue weighted by Gasteiger charge is -2.42. The Labute approximate surface area is 258 Å². The van der Waals surface area contributed by atoms with Gasteiger partial charge in [-0.2, -0.15) is 0 Å². The number of piperidine rings is 1. The van der Waals surface area contributed by atoms with Crippen LogP contribution in [0.1, 0.15) is 58.8 Å². The number of carboxylic acid groups (broad SMARTS) is 2. The third kappa shape index (κ3) is 9.37. The van der Waals surface area contributed by atoms with Crippen molar-refractivity contribution in [2.45, 2.75) is 45.6 Å². The number of ether oxygens (including phenoxy) is 2. The van der Waals surface area contributed by atoms with Crippen LogP contribution >= 0.6 is 0 Å². The minimum Gasteiger partial charge on any atom is -0.493 e. The summed E-state index contributed by atoms with van der Waals surface area (Å²) in [6, 6.07) is 22.0. The van der Waals surface area contributed by atoms with Crippen molar-refractivity contribution in [3.05, 3.63) is 94.5 Å². The third-order valence-corrected chi connectivity index (χ3v) is 7.79. The molecule has 0 radical (unpaired) electrons. The highest BCUT2D eigenvalue weighted by molar-refractivity contribution is 6.27. The molecule has 3 aromatic rings. The van der Waals surface area contributed by atoms with Crippen molar-refractivity contribution in [3.8, 4) is 11.5 Å². The molecule has 238 valence electrons. The summed E-state index contributed by atoms with van der Waals surface area (Å²) in [5.41, 5.74) is 3.94. The monoisotopic (exact) mass is 609 g/mol. The van der Waals surface area contributed by atoms with Gasteiger partial charge in [-0.25, -0.2) is 9.59 Å². The first-order chi connectivity index (χ1) is 20.4. The van der Waals surface area contributed by atoms with Crippen LogP contribution in [0.3, 0.4) is 0 Å². The molecule has 10 nitrogen and oxygen atoms in total. The summed E-state index contributed by atoms with van der Waals surface area (Å²) < 4.78 is 11.4. The quantitative estimate of drug-likeness (QED) is 0.173. The Kier molecular flexibility index (Phi) is 13.5. The number of likely N-dealkylation sites (tertiary alicyclic amines) is 1. The molecule has 0 spiro atoms. The van der Waals surface area contributed by atoms with Gasteiger partial charge in [0.05, 0.1) is 13.7 Å². The first kappa shape index (κ1) is 35.9. The number of Topliss-reactive ketones (excluding diaryl/α,β-unsaturated/α-hetero) is 1. The number of carbonyl (C=O) groups is 3. The highest BCUT2D eigenvalue weighted by Gasteiger charge is 2.41. The van der Waals surface area contributed by atoms with Gasteiger partial charge in [-0.05, 0) is 88.4 Å². The minimum absolute atomic E-state index is 0. The van der Waals surface area contributed by atoms with Gasteiger partial charge in [0.25, 0.3) is 0 Å². The summed E-state index contributed by atoms with van der Waals surface area (Å²) in [7, 11) is 1.59. The Morgan fingerprint density at radius 3 is 1.77 bits per heavy atom. The number of methoxy groups -OCH3 is 1. The smallest absolute Gasteiger partial charge is 0.414 e. The molecule has 10 heteroatoms. The minimum atomic E-state index is -1.82. The Hall–Kier alpha value is -4.25. The molecule has 1 saturated heterocycles. The molecule has 1 aliphatic heterocycles. The SMILES string of the molecule is COc1cc(C(C)=O)ccc1OCCCN1CCC(C(O)(c2ccc(C)cc2)c2ccc(C)cc2)CC1.O.O=C(O)C(=O)O. The number of aliphatic hydroxyl groups is 1. The van der Waals surface area contributed by atoms with Gasteiger partial charge < -0.3 is 35.2 Å². The molecule has 0 atom stereocenters. The molecule has 4 rings (SSSR count). The van der Waals surface area contributed by atoms with Gasteiger partial charge in [-0.15, -0.1) is 0 Å². The fourth-order valence-corrected chi connectivity index (χ4v) is 5.30. The van der Waals surface area contributed by atoms with E-state index in [-0.39, 0.29) is 17.2 Å². The number of hydrogen-bond acceptors (Lipinski definition) is 7. The van der Waals surface area contributed by atoms with Crippen molar-refractivity contribution in [3.63, 3.8) is 0 Å². The molecule has 0 aliphatic carbocycles. The van der Waals surface area contributed by atoms with Gasteiger partial charge in [0.1, 0.15) is 5.60 Å². The molecule has 1 heterocycles. The maximum Gasteiger partial charge on any atom is 0.414 e. The van der Waals surface area contributed by atoms with E-state index in [2.05, 4.69) is 67.3 Å². The zero-order valence-electron chi connectivity index (χ0n) is 25.7. The van der Waals surface area contributed by atoms with Crippen LogP contribution in [0.2, 0.25) is 0 Å². The second-order valence-electron chi connectivity index (χ2n) is 10.8. The molecule has 0 aromatic heterocycles. The van der Waals surface area contributed by atoms with Crippen LogP contribution in [-0.4, -0.2) is 76.8 Å². The Balaban J connectivity index is 0.000000877. The standard InChI is InChI=1S/C32H39NO4.C2H2O4.H2O/c1-23-6-11-27(12-7-23)32(35,28-13-8-24(2)9-14-28)29-16-19-33(20-17-29)18-5-21-37-30-15-10-26(25(3)34)22-31(30)36-4;3-1(4)2(5)6;/h6-15,22,29,35H,5,16-21H2,1-4H3;(H,3,4)(H,5,6);1H2. The van der Waals surface area contributed by atoms with E-state index >= 15 is 0 Å². The summed E-state index contributed by atoms with van der Waals surface area (Å²) >= 11 is 0. The van der Waals surface area contributed by atoms with Crippen LogP contribution < -0.4 is 9.47 Å². The van der Waals surface area contributed by atoms with E-state index in [1.807, 2.05) is 0 Å². The van der Waals surface area contributed by atoms with E-state index in [4.69, 9.17) is 29.3 Å². The first-order valence-electron chi connectivity index (χ1n) is 14.3. The lowest BCUT2D eigenvalue weighted by Crippen LogP contribution is -2.44. The van der Waals surface area contributed by atoms with Crippen molar-refractivity contribution in [1.82, 2.24) is 4.90 Å². The number of ketones is 1. The van der Waals surface area contributed by atoms with E-state index in [0.717, 1.165) is 50.0 Å². The summed E-state index contributed by atoms with van der Waals surface area (Å²) in [5, 5.41) is 27.0. The number of carboxylic acids is 2. The predicted octanol–water partition coefficient (Wildman–Crippen LogP) is 4.26. The number of benzene rings is 3. The summed E-state index contributed by atoms with van der Waals surface area (Å²) in [5.74, 6) is -2.25. The van der Waals surface area contributed by atoms with Crippen molar-refractivity contribution < 1.29 is 44.7 Å². The maximum atomic E-state index is 12.2. The molecule has 3 aromatic carbocycles. The number of carbonyl (C=O) groups excluding carboxylic acids is 1. The summed E-state index contributed by atoms with van der Waals surface area (Å²) in [4.78, 5) is 32.3. The molecular formula is C34H43NO9. The fourth-order valence-electron chi connectivity index (χ4n) is 5.30. The van der Waals surface area contributed by atoms with Gasteiger partial charge in [-0.1, -0.05) is 59.7 Å². The van der Waals surface area contributed by atoms with Gasteiger partial charge in [0.2, 0.25) is 0 Å². The lowest BCUT2D eigenvalue weighted by atomic mass is 9.72. The molecule has 0 saturated carbocycles. The number of hydrogen-bond donors (Lipinski definition) is 3. The maximum absolute atomic E-state index is 12.2. The molecule has 5 N–H and O–H groups in total. The third-order valence-electron chi connectivity index (χ3n) is 7.79. The van der Waals surface area contributed by atoms with E-state index < -0.39 is 17.5 Å². The number of rotatable bonds is 10. The summed E-state index contributed by atoms with van der Waals surface area (Å²) in [6.07, 6.45) is 2.75. The van der Waals surface area contributed by atoms with Crippen molar-refractivity contribution in [2.75, 3.05) is 33.4 Å². The highest BCUT2D eigenvalue weighted by Crippen LogP contribution is 2.42. The first-order valence-corrected chi connectivity index (χ1v) is 14.3. The van der Waals surface area contributed by atoms with Crippen LogP contribution in [0.15, 0.2) is 66.7 Å². The van der Waals surface area contributed by atoms with E-state index in [1.54, 1.807) is 32.2 Å². The summed E-state index contributed by atoms with van der Waals surface area (Å²) in [6.45, 7) is 9.10. The van der Waals surface area contributed by atoms with E-state index in [0.29, 0.717) is 23.7 Å². The fraction of sp³-hybridized carbons (Fsp3) is 0.382. The average Bonchev–Trinajstić information content (AvgIpc) is 3.00. The molecule has 1 fully saturated rings. The second kappa shape index (κ2) is 16.6. The predicted molar refractivity (Wildman–Crippen MR) is 167 cm³/mol. The number of nitrogens with zero attached hydrogens (tertiary/aromatic N) is 1. The lowest BCUT2D eigenvalue weighted by molar-refractivity contribution is -0.159. The van der Waals surface area contributed by atoms with Gasteiger partial charge in [0.15, 0.2) is 17.3 Å².